The van der Waals surface area contributed by atoms with E-state index >= 15 is 0 Å². The number of anilines is 1. The first-order valence-corrected chi connectivity index (χ1v) is 6.08. The third-order valence-electron chi connectivity index (χ3n) is 2.41. The number of nitrogens with one attached hydrogen (secondary N) is 1. The van der Waals surface area contributed by atoms with E-state index in [1.807, 2.05) is 0 Å². The van der Waals surface area contributed by atoms with Crippen molar-refractivity contribution < 1.29 is 19.4 Å². The van der Waals surface area contributed by atoms with Gasteiger partial charge in [0.1, 0.15) is 5.75 Å². The molecule has 5 nitrogen and oxygen atoms in total. The number of hydrogen-bond donors (Lipinski definition) is 2. The van der Waals surface area contributed by atoms with Crippen molar-refractivity contribution in [1.29, 1.82) is 0 Å². The fourth-order valence-electron chi connectivity index (χ4n) is 1.34. The van der Waals surface area contributed by atoms with Crippen LogP contribution in [0.1, 0.15) is 6.92 Å². The number of esters is 1. The highest BCUT2D eigenvalue weighted by Gasteiger charge is 2.31. The van der Waals surface area contributed by atoms with Crippen LogP contribution in [0.25, 0.3) is 0 Å². The lowest BCUT2D eigenvalue weighted by Crippen LogP contribution is -2.42. The van der Waals surface area contributed by atoms with Crippen molar-refractivity contribution in [3.63, 3.8) is 0 Å². The Morgan fingerprint density at radius 1 is 1.50 bits per heavy atom. The van der Waals surface area contributed by atoms with Gasteiger partial charge < -0.3 is 19.9 Å². The van der Waals surface area contributed by atoms with Gasteiger partial charge in [0.2, 0.25) is 0 Å². The number of aliphatic hydroxyl groups is 1. The van der Waals surface area contributed by atoms with E-state index < -0.39 is 11.6 Å². The fourth-order valence-corrected chi connectivity index (χ4v) is 1.88. The Bertz CT molecular complexity index is 434. The molecule has 1 atom stereocenters. The van der Waals surface area contributed by atoms with Crippen molar-refractivity contribution in [3.05, 3.63) is 22.7 Å². The highest BCUT2D eigenvalue weighted by Crippen LogP contribution is 2.27. The molecule has 0 aliphatic rings. The number of rotatable bonds is 5. The van der Waals surface area contributed by atoms with Crippen molar-refractivity contribution in [3.8, 4) is 5.75 Å². The maximum atomic E-state index is 11.3. The molecular formula is C12H16BrNO4. The molecule has 1 aromatic rings. The molecule has 0 bridgehead atoms. The number of methoxy groups -OCH3 is 2. The number of benzene rings is 1. The minimum Gasteiger partial charge on any atom is -0.496 e. The van der Waals surface area contributed by atoms with E-state index in [4.69, 9.17) is 4.74 Å². The van der Waals surface area contributed by atoms with E-state index in [-0.39, 0.29) is 6.54 Å². The van der Waals surface area contributed by atoms with Crippen molar-refractivity contribution >= 4 is 27.6 Å². The molecule has 2 N–H and O–H groups in total. The highest BCUT2D eigenvalue weighted by molar-refractivity contribution is 9.10. The number of carbonyl (C=O) groups excluding carboxylic acids is 1. The van der Waals surface area contributed by atoms with Gasteiger partial charge in [0.05, 0.1) is 25.2 Å². The summed E-state index contributed by atoms with van der Waals surface area (Å²) < 4.78 is 10.4. The molecule has 0 heterocycles. The van der Waals surface area contributed by atoms with Crippen LogP contribution in [-0.4, -0.2) is 37.4 Å². The Hall–Kier alpha value is -1.27. The van der Waals surface area contributed by atoms with Crippen molar-refractivity contribution in [2.75, 3.05) is 26.1 Å². The maximum Gasteiger partial charge on any atom is 0.339 e. The topological polar surface area (TPSA) is 67.8 Å². The van der Waals surface area contributed by atoms with Crippen molar-refractivity contribution in [1.82, 2.24) is 0 Å². The van der Waals surface area contributed by atoms with Gasteiger partial charge in [0.15, 0.2) is 5.60 Å². The van der Waals surface area contributed by atoms with Gasteiger partial charge >= 0.3 is 5.97 Å². The summed E-state index contributed by atoms with van der Waals surface area (Å²) in [6.45, 7) is 1.45. The number of carbonyl (C=O) groups is 1. The van der Waals surface area contributed by atoms with Crippen LogP contribution >= 0.6 is 15.9 Å². The van der Waals surface area contributed by atoms with E-state index in [0.717, 1.165) is 10.2 Å². The first kappa shape index (κ1) is 14.8. The molecule has 0 saturated carbocycles. The summed E-state index contributed by atoms with van der Waals surface area (Å²) in [6, 6.07) is 5.36. The maximum absolute atomic E-state index is 11.3. The Morgan fingerprint density at radius 3 is 2.67 bits per heavy atom. The van der Waals surface area contributed by atoms with Crippen LogP contribution in [0.2, 0.25) is 0 Å². The molecular weight excluding hydrogens is 302 g/mol. The minimum atomic E-state index is -1.57. The first-order valence-electron chi connectivity index (χ1n) is 5.29. The van der Waals surface area contributed by atoms with Crippen molar-refractivity contribution in [2.24, 2.45) is 0 Å². The second kappa shape index (κ2) is 6.06. The number of ether oxygens (including phenoxy) is 2. The second-order valence-electron chi connectivity index (χ2n) is 3.97. The Labute approximate surface area is 114 Å². The van der Waals surface area contributed by atoms with Crippen LogP contribution in [0.4, 0.5) is 5.69 Å². The summed E-state index contributed by atoms with van der Waals surface area (Å²) in [5.74, 6) is 0.0304. The molecule has 0 aliphatic heterocycles. The summed E-state index contributed by atoms with van der Waals surface area (Å²) in [4.78, 5) is 11.3. The average Bonchev–Trinajstić information content (AvgIpc) is 2.35. The zero-order chi connectivity index (χ0) is 13.8. The number of halogens is 1. The molecule has 1 rings (SSSR count). The van der Waals surface area contributed by atoms with E-state index in [1.165, 1.54) is 14.0 Å². The molecule has 0 aliphatic carbocycles. The summed E-state index contributed by atoms with van der Waals surface area (Å²) in [7, 11) is 2.82. The van der Waals surface area contributed by atoms with Crippen LogP contribution in [-0.2, 0) is 9.53 Å². The van der Waals surface area contributed by atoms with Gasteiger partial charge in [-0.25, -0.2) is 4.79 Å². The molecule has 0 fully saturated rings. The molecule has 0 radical (unpaired) electrons. The van der Waals surface area contributed by atoms with E-state index in [2.05, 4.69) is 26.0 Å². The first-order chi connectivity index (χ1) is 8.40. The van der Waals surface area contributed by atoms with Crippen LogP contribution < -0.4 is 10.1 Å². The predicted octanol–water partition coefficient (Wildman–Crippen LogP) is 1.79. The average molecular weight is 318 g/mol. The monoisotopic (exact) mass is 317 g/mol. The fraction of sp³-hybridized carbons (Fsp3) is 0.417. The third kappa shape index (κ3) is 3.61. The Kier molecular flexibility index (Phi) is 4.98. The molecule has 1 unspecified atom stereocenters. The van der Waals surface area contributed by atoms with Gasteiger partial charge in [0, 0.05) is 5.69 Å². The lowest BCUT2D eigenvalue weighted by molar-refractivity contribution is -0.158. The van der Waals surface area contributed by atoms with E-state index in [9.17, 15) is 9.90 Å². The lowest BCUT2D eigenvalue weighted by atomic mass is 10.1. The van der Waals surface area contributed by atoms with Crippen molar-refractivity contribution in [2.45, 2.75) is 12.5 Å². The smallest absolute Gasteiger partial charge is 0.339 e. The number of hydrogen-bond acceptors (Lipinski definition) is 5. The second-order valence-corrected chi connectivity index (χ2v) is 4.82. The van der Waals surface area contributed by atoms with Gasteiger partial charge in [-0.15, -0.1) is 0 Å². The summed E-state index contributed by atoms with van der Waals surface area (Å²) >= 11 is 3.35. The Morgan fingerprint density at radius 2 is 2.17 bits per heavy atom. The van der Waals surface area contributed by atoms with Gasteiger partial charge in [-0.1, -0.05) is 0 Å². The largest absolute Gasteiger partial charge is 0.496 e. The SMILES string of the molecule is COC(=O)C(C)(O)CNc1ccc(OC)c(Br)c1. The quantitative estimate of drug-likeness (QED) is 0.810. The van der Waals surface area contributed by atoms with Crippen LogP contribution in [0.5, 0.6) is 5.75 Å². The molecule has 18 heavy (non-hydrogen) atoms. The summed E-state index contributed by atoms with van der Waals surface area (Å²) in [5.41, 5.74) is -0.812. The zero-order valence-corrected chi connectivity index (χ0v) is 12.1. The predicted molar refractivity (Wildman–Crippen MR) is 71.8 cm³/mol. The molecule has 6 heteroatoms. The van der Waals surface area contributed by atoms with Crippen LogP contribution in [0.3, 0.4) is 0 Å². The van der Waals surface area contributed by atoms with Gasteiger partial charge in [-0.2, -0.15) is 0 Å². The molecule has 1 aromatic carbocycles. The van der Waals surface area contributed by atoms with Crippen LogP contribution in [0, 0.1) is 0 Å². The molecule has 0 saturated heterocycles. The third-order valence-corrected chi connectivity index (χ3v) is 3.03. The van der Waals surface area contributed by atoms with Gasteiger partial charge in [-0.3, -0.25) is 0 Å². The standard InChI is InChI=1S/C12H16BrNO4/c1-12(16,11(15)18-3)7-14-8-4-5-10(17-2)9(13)6-8/h4-6,14,16H,7H2,1-3H3. The molecule has 0 spiro atoms. The normalized spacial score (nSPS) is 13.6. The van der Waals surface area contributed by atoms with Gasteiger partial charge in [0.25, 0.3) is 0 Å². The molecule has 0 amide bonds. The zero-order valence-electron chi connectivity index (χ0n) is 10.5. The van der Waals surface area contributed by atoms with Gasteiger partial charge in [-0.05, 0) is 41.1 Å². The highest BCUT2D eigenvalue weighted by atomic mass is 79.9. The van der Waals surface area contributed by atoms with E-state index in [0.29, 0.717) is 5.75 Å². The van der Waals surface area contributed by atoms with E-state index in [1.54, 1.807) is 25.3 Å². The summed E-state index contributed by atoms with van der Waals surface area (Å²) in [6.07, 6.45) is 0. The minimum absolute atomic E-state index is 0.0540. The Balaban J connectivity index is 2.69. The lowest BCUT2D eigenvalue weighted by Gasteiger charge is -2.21. The summed E-state index contributed by atoms with van der Waals surface area (Å²) in [5, 5.41) is 12.8. The van der Waals surface area contributed by atoms with Crippen LogP contribution in [0.15, 0.2) is 22.7 Å². The molecule has 0 aromatic heterocycles. The molecule has 100 valence electrons.